The number of nitro benzene ring substituents is 1. The van der Waals surface area contributed by atoms with Gasteiger partial charge < -0.3 is 14.2 Å². The molecule has 3 aromatic rings. The van der Waals surface area contributed by atoms with E-state index in [4.69, 9.17) is 4.74 Å². The van der Waals surface area contributed by atoms with Gasteiger partial charge in [-0.05, 0) is 48.5 Å². The maximum absolute atomic E-state index is 12.7. The topological polar surface area (TPSA) is 141 Å². The maximum atomic E-state index is 12.7. The Morgan fingerprint density at radius 3 is 2.21 bits per heavy atom. The molecule has 38 heavy (non-hydrogen) atoms. The standard InChI is InChI=1S/C22H18F4N4O7S/c1-35-15-6-3-14(4-7-15)29-38(33,34)17-8-9-18(19(11-17)30(31)32)28-27-12-13-2-5-16(36-21(23)24)10-20(13)37-22(25)26/h2-12,21-22,28-29H,1H3. The Labute approximate surface area is 212 Å². The number of methoxy groups -OCH3 is 1. The molecule has 0 atom stereocenters. The van der Waals surface area contributed by atoms with Crippen molar-refractivity contribution in [1.82, 2.24) is 0 Å². The summed E-state index contributed by atoms with van der Waals surface area (Å²) in [5.41, 5.74) is 1.50. The fourth-order valence-corrected chi connectivity index (χ4v) is 4.04. The molecule has 16 heteroatoms. The minimum Gasteiger partial charge on any atom is -0.497 e. The average molecular weight is 558 g/mol. The van der Waals surface area contributed by atoms with Gasteiger partial charge in [0, 0.05) is 23.4 Å². The number of benzene rings is 3. The van der Waals surface area contributed by atoms with Crippen LogP contribution in [0.3, 0.4) is 0 Å². The van der Waals surface area contributed by atoms with Gasteiger partial charge in [-0.3, -0.25) is 20.3 Å². The third-order valence-electron chi connectivity index (χ3n) is 4.63. The molecule has 0 aliphatic rings. The van der Waals surface area contributed by atoms with Crippen molar-refractivity contribution in [1.29, 1.82) is 0 Å². The van der Waals surface area contributed by atoms with Crippen LogP contribution in [0.1, 0.15) is 5.56 Å². The number of hydrogen-bond acceptors (Lipinski definition) is 9. The first-order valence-corrected chi connectivity index (χ1v) is 11.7. The number of alkyl halides is 4. The second-order valence-corrected chi connectivity index (χ2v) is 8.78. The van der Waals surface area contributed by atoms with Gasteiger partial charge >= 0.3 is 13.2 Å². The molecule has 0 radical (unpaired) electrons. The highest BCUT2D eigenvalue weighted by Crippen LogP contribution is 2.30. The summed E-state index contributed by atoms with van der Waals surface area (Å²) >= 11 is 0. The molecule has 0 bridgehead atoms. The summed E-state index contributed by atoms with van der Waals surface area (Å²) in [5, 5.41) is 15.3. The first-order valence-electron chi connectivity index (χ1n) is 10.3. The first-order chi connectivity index (χ1) is 18.0. The van der Waals surface area contributed by atoms with Crippen LogP contribution in [0.5, 0.6) is 17.2 Å². The van der Waals surface area contributed by atoms with Crippen LogP contribution < -0.4 is 24.4 Å². The van der Waals surface area contributed by atoms with Gasteiger partial charge in [-0.25, -0.2) is 8.42 Å². The average Bonchev–Trinajstić information content (AvgIpc) is 2.84. The molecule has 0 aliphatic carbocycles. The number of anilines is 2. The van der Waals surface area contributed by atoms with Gasteiger partial charge in [-0.2, -0.15) is 22.7 Å². The van der Waals surface area contributed by atoms with E-state index in [2.05, 4.69) is 24.7 Å². The number of halogens is 4. The van der Waals surface area contributed by atoms with Crippen LogP contribution in [0.2, 0.25) is 0 Å². The van der Waals surface area contributed by atoms with Crippen LogP contribution in [0, 0.1) is 10.1 Å². The summed E-state index contributed by atoms with van der Waals surface area (Å²) in [6.45, 7) is -6.49. The first kappa shape index (κ1) is 28.0. The minimum absolute atomic E-state index is 0.107. The van der Waals surface area contributed by atoms with Crippen molar-refractivity contribution in [3.8, 4) is 17.2 Å². The van der Waals surface area contributed by atoms with E-state index in [0.717, 1.165) is 42.6 Å². The molecule has 0 unspecified atom stereocenters. The summed E-state index contributed by atoms with van der Waals surface area (Å²) in [5.74, 6) is -0.509. The molecule has 0 amide bonds. The molecule has 0 spiro atoms. The van der Waals surface area contributed by atoms with Crippen molar-refractivity contribution in [2.75, 3.05) is 17.3 Å². The summed E-state index contributed by atoms with van der Waals surface area (Å²) in [4.78, 5) is 10.3. The quantitative estimate of drug-likeness (QED) is 0.136. The van der Waals surface area contributed by atoms with E-state index in [0.29, 0.717) is 5.75 Å². The van der Waals surface area contributed by atoms with E-state index < -0.39 is 50.3 Å². The van der Waals surface area contributed by atoms with E-state index >= 15 is 0 Å². The highest BCUT2D eigenvalue weighted by molar-refractivity contribution is 7.92. The molecule has 0 aromatic heterocycles. The number of nitro groups is 1. The fraction of sp³-hybridized carbons (Fsp3) is 0.136. The molecule has 0 saturated carbocycles. The van der Waals surface area contributed by atoms with Crippen molar-refractivity contribution < 1.29 is 45.1 Å². The number of hydrazone groups is 1. The molecule has 3 aromatic carbocycles. The molecular formula is C22H18F4N4O7S. The van der Waals surface area contributed by atoms with E-state index in [-0.39, 0.29) is 16.9 Å². The van der Waals surface area contributed by atoms with Gasteiger partial charge in [-0.15, -0.1) is 0 Å². The zero-order valence-corrected chi connectivity index (χ0v) is 20.0. The van der Waals surface area contributed by atoms with Crippen molar-refractivity contribution in [3.63, 3.8) is 0 Å². The fourth-order valence-electron chi connectivity index (χ4n) is 2.96. The van der Waals surface area contributed by atoms with Crippen molar-refractivity contribution in [2.24, 2.45) is 5.10 Å². The van der Waals surface area contributed by atoms with Gasteiger partial charge in [0.15, 0.2) is 0 Å². The van der Waals surface area contributed by atoms with Gasteiger partial charge in [0.05, 0.1) is 23.1 Å². The predicted octanol–water partition coefficient (Wildman–Crippen LogP) is 5.05. The van der Waals surface area contributed by atoms with Crippen LogP contribution in [-0.4, -0.2) is 39.9 Å². The van der Waals surface area contributed by atoms with E-state index in [9.17, 15) is 36.1 Å². The molecule has 2 N–H and O–H groups in total. The zero-order chi connectivity index (χ0) is 27.9. The highest BCUT2D eigenvalue weighted by Gasteiger charge is 2.22. The molecular weight excluding hydrogens is 540 g/mol. The van der Waals surface area contributed by atoms with Crippen molar-refractivity contribution in [2.45, 2.75) is 18.1 Å². The number of nitrogens with zero attached hydrogens (tertiary/aromatic N) is 2. The van der Waals surface area contributed by atoms with Crippen LogP contribution in [0.25, 0.3) is 0 Å². The van der Waals surface area contributed by atoms with Crippen molar-refractivity contribution >= 4 is 33.3 Å². The Morgan fingerprint density at radius 1 is 0.947 bits per heavy atom. The molecule has 202 valence electrons. The third-order valence-corrected chi connectivity index (χ3v) is 6.01. The largest absolute Gasteiger partial charge is 0.497 e. The lowest BCUT2D eigenvalue weighted by molar-refractivity contribution is -0.384. The molecule has 0 aliphatic heterocycles. The zero-order valence-electron chi connectivity index (χ0n) is 19.2. The summed E-state index contributed by atoms with van der Waals surface area (Å²) in [6, 6.07) is 11.8. The second-order valence-electron chi connectivity index (χ2n) is 7.10. The lowest BCUT2D eigenvalue weighted by atomic mass is 10.2. The lowest BCUT2D eigenvalue weighted by Crippen LogP contribution is -2.13. The van der Waals surface area contributed by atoms with E-state index in [1.54, 1.807) is 0 Å². The van der Waals surface area contributed by atoms with Crippen LogP contribution in [0.4, 0.5) is 34.6 Å². The van der Waals surface area contributed by atoms with Gasteiger partial charge in [0.2, 0.25) is 0 Å². The summed E-state index contributed by atoms with van der Waals surface area (Å²) in [6.07, 6.45) is 0.934. The van der Waals surface area contributed by atoms with Crippen LogP contribution in [0.15, 0.2) is 70.7 Å². The predicted molar refractivity (Wildman–Crippen MR) is 128 cm³/mol. The second kappa shape index (κ2) is 12.1. The summed E-state index contributed by atoms with van der Waals surface area (Å²) < 4.78 is 91.4. The highest BCUT2D eigenvalue weighted by atomic mass is 32.2. The smallest absolute Gasteiger partial charge is 0.387 e. The number of nitrogens with one attached hydrogen (secondary N) is 2. The normalized spacial score (nSPS) is 11.6. The molecule has 3 rings (SSSR count). The Kier molecular flexibility index (Phi) is 8.90. The van der Waals surface area contributed by atoms with Gasteiger partial charge in [-0.1, -0.05) is 0 Å². The monoisotopic (exact) mass is 558 g/mol. The molecule has 0 heterocycles. The number of ether oxygens (including phenoxy) is 3. The molecule has 0 fully saturated rings. The van der Waals surface area contributed by atoms with Crippen LogP contribution in [-0.2, 0) is 10.0 Å². The van der Waals surface area contributed by atoms with Gasteiger partial charge in [0.1, 0.15) is 22.9 Å². The number of hydrogen-bond donors (Lipinski definition) is 2. The maximum Gasteiger partial charge on any atom is 0.387 e. The molecule has 11 nitrogen and oxygen atoms in total. The Balaban J connectivity index is 1.83. The summed E-state index contributed by atoms with van der Waals surface area (Å²) in [7, 11) is -2.77. The Hall–Kier alpha value is -4.60. The molecule has 0 saturated heterocycles. The number of rotatable bonds is 12. The van der Waals surface area contributed by atoms with E-state index in [1.807, 2.05) is 0 Å². The van der Waals surface area contributed by atoms with Crippen molar-refractivity contribution in [3.05, 3.63) is 76.3 Å². The Morgan fingerprint density at radius 2 is 1.61 bits per heavy atom. The van der Waals surface area contributed by atoms with Crippen LogP contribution >= 0.6 is 0 Å². The lowest BCUT2D eigenvalue weighted by Gasteiger charge is -2.11. The number of sulfonamides is 1. The third kappa shape index (κ3) is 7.45. The minimum atomic E-state index is -4.21. The van der Waals surface area contributed by atoms with Gasteiger partial charge in [0.25, 0.3) is 15.7 Å². The Bertz CT molecular complexity index is 1420. The van der Waals surface area contributed by atoms with E-state index in [1.165, 1.54) is 31.4 Å². The SMILES string of the molecule is COc1ccc(NS(=O)(=O)c2ccc(NN=Cc3ccc(OC(F)F)cc3OC(F)F)c([N+](=O)[O-])c2)cc1.